The van der Waals surface area contributed by atoms with Crippen molar-refractivity contribution in [3.8, 4) is 0 Å². The molecule has 0 aliphatic carbocycles. The van der Waals surface area contributed by atoms with Crippen molar-refractivity contribution in [1.29, 1.82) is 0 Å². The number of hydrogen-bond acceptors (Lipinski definition) is 3. The SMILES string of the molecule is C=CCNS(=O)(=O)c1ccc(C(=O)NC(C)(C)C)cc1. The van der Waals surface area contributed by atoms with Crippen molar-refractivity contribution in [2.75, 3.05) is 6.54 Å². The maximum atomic E-state index is 11.9. The van der Waals surface area contributed by atoms with E-state index in [0.717, 1.165) is 0 Å². The van der Waals surface area contributed by atoms with Gasteiger partial charge in [-0.3, -0.25) is 4.79 Å². The van der Waals surface area contributed by atoms with Crippen molar-refractivity contribution in [1.82, 2.24) is 10.0 Å². The number of amides is 1. The largest absolute Gasteiger partial charge is 0.347 e. The fourth-order valence-electron chi connectivity index (χ4n) is 1.45. The van der Waals surface area contributed by atoms with E-state index in [1.807, 2.05) is 20.8 Å². The predicted octanol–water partition coefficient (Wildman–Crippen LogP) is 1.68. The Bertz CT molecular complexity index is 584. The standard InChI is InChI=1S/C14H20N2O3S/c1-5-10-15-20(18,19)12-8-6-11(7-9-12)13(17)16-14(2,3)4/h5-9,15H,1,10H2,2-4H3,(H,16,17). The van der Waals surface area contributed by atoms with Gasteiger partial charge in [-0.05, 0) is 45.0 Å². The molecule has 0 bridgehead atoms. The van der Waals surface area contributed by atoms with Crippen LogP contribution in [0.15, 0.2) is 41.8 Å². The van der Waals surface area contributed by atoms with Crippen LogP contribution in [0.3, 0.4) is 0 Å². The minimum atomic E-state index is -3.55. The number of benzene rings is 1. The van der Waals surface area contributed by atoms with E-state index in [-0.39, 0.29) is 22.9 Å². The summed E-state index contributed by atoms with van der Waals surface area (Å²) in [5, 5.41) is 2.81. The zero-order valence-electron chi connectivity index (χ0n) is 11.9. The normalized spacial score (nSPS) is 11.9. The summed E-state index contributed by atoms with van der Waals surface area (Å²) < 4.78 is 26.0. The van der Waals surface area contributed by atoms with Gasteiger partial charge in [-0.2, -0.15) is 0 Å². The Labute approximate surface area is 120 Å². The highest BCUT2D eigenvalue weighted by atomic mass is 32.2. The van der Waals surface area contributed by atoms with E-state index >= 15 is 0 Å². The molecule has 0 unspecified atom stereocenters. The Morgan fingerprint density at radius 1 is 1.25 bits per heavy atom. The van der Waals surface area contributed by atoms with Crippen LogP contribution in [0.1, 0.15) is 31.1 Å². The molecule has 0 fully saturated rings. The number of rotatable bonds is 5. The van der Waals surface area contributed by atoms with Crippen molar-refractivity contribution in [2.24, 2.45) is 0 Å². The first-order valence-corrected chi connectivity index (χ1v) is 7.67. The van der Waals surface area contributed by atoms with Gasteiger partial charge >= 0.3 is 0 Å². The molecule has 20 heavy (non-hydrogen) atoms. The van der Waals surface area contributed by atoms with Gasteiger partial charge in [0.25, 0.3) is 5.91 Å². The Balaban J connectivity index is 2.89. The molecule has 0 aliphatic heterocycles. The van der Waals surface area contributed by atoms with Crippen LogP contribution in [-0.2, 0) is 10.0 Å². The summed E-state index contributed by atoms with van der Waals surface area (Å²) in [6, 6.07) is 5.79. The fraction of sp³-hybridized carbons (Fsp3) is 0.357. The van der Waals surface area contributed by atoms with Crippen molar-refractivity contribution in [3.63, 3.8) is 0 Å². The predicted molar refractivity (Wildman–Crippen MR) is 79.0 cm³/mol. The molecule has 1 amide bonds. The second kappa shape index (κ2) is 6.19. The second-order valence-corrected chi connectivity index (χ2v) is 7.14. The van der Waals surface area contributed by atoms with E-state index in [1.54, 1.807) is 0 Å². The summed E-state index contributed by atoms with van der Waals surface area (Å²) in [6.07, 6.45) is 1.46. The van der Waals surface area contributed by atoms with Gasteiger partial charge in [-0.25, -0.2) is 13.1 Å². The summed E-state index contributed by atoms with van der Waals surface area (Å²) in [5.74, 6) is -0.236. The smallest absolute Gasteiger partial charge is 0.251 e. The quantitative estimate of drug-likeness (QED) is 0.812. The van der Waals surface area contributed by atoms with Gasteiger partial charge < -0.3 is 5.32 Å². The van der Waals surface area contributed by atoms with Gasteiger partial charge in [0, 0.05) is 17.6 Å². The van der Waals surface area contributed by atoms with E-state index in [4.69, 9.17) is 0 Å². The number of carbonyl (C=O) groups excluding carboxylic acids is 1. The molecule has 110 valence electrons. The molecular weight excluding hydrogens is 276 g/mol. The fourth-order valence-corrected chi connectivity index (χ4v) is 2.45. The van der Waals surface area contributed by atoms with Crippen LogP contribution in [0.2, 0.25) is 0 Å². The van der Waals surface area contributed by atoms with E-state index < -0.39 is 10.0 Å². The van der Waals surface area contributed by atoms with Crippen molar-refractivity contribution >= 4 is 15.9 Å². The molecule has 0 radical (unpaired) electrons. The van der Waals surface area contributed by atoms with Crippen LogP contribution in [-0.4, -0.2) is 26.4 Å². The van der Waals surface area contributed by atoms with E-state index in [9.17, 15) is 13.2 Å². The lowest BCUT2D eigenvalue weighted by Crippen LogP contribution is -2.40. The first-order valence-electron chi connectivity index (χ1n) is 6.19. The van der Waals surface area contributed by atoms with Crippen LogP contribution in [0, 0.1) is 0 Å². The van der Waals surface area contributed by atoms with Gasteiger partial charge in [-0.15, -0.1) is 6.58 Å². The highest BCUT2D eigenvalue weighted by Gasteiger charge is 2.17. The third kappa shape index (κ3) is 4.79. The first-order chi connectivity index (χ1) is 9.15. The average Bonchev–Trinajstić information content (AvgIpc) is 2.34. The van der Waals surface area contributed by atoms with Gasteiger partial charge in [0.05, 0.1) is 4.90 Å². The number of carbonyl (C=O) groups is 1. The Hall–Kier alpha value is -1.66. The molecule has 2 N–H and O–H groups in total. The third-order valence-electron chi connectivity index (χ3n) is 2.33. The molecule has 0 spiro atoms. The molecular formula is C14H20N2O3S. The zero-order valence-corrected chi connectivity index (χ0v) is 12.8. The van der Waals surface area contributed by atoms with E-state index in [2.05, 4.69) is 16.6 Å². The molecule has 5 nitrogen and oxygen atoms in total. The van der Waals surface area contributed by atoms with E-state index in [1.165, 1.54) is 30.3 Å². The summed E-state index contributed by atoms with van der Waals surface area (Å²) in [5.41, 5.74) is 0.0791. The summed E-state index contributed by atoms with van der Waals surface area (Å²) in [7, 11) is -3.55. The molecule has 6 heteroatoms. The Morgan fingerprint density at radius 3 is 2.25 bits per heavy atom. The lowest BCUT2D eigenvalue weighted by atomic mass is 10.1. The first kappa shape index (κ1) is 16.4. The molecule has 0 saturated heterocycles. The van der Waals surface area contributed by atoms with Crippen molar-refractivity contribution in [2.45, 2.75) is 31.2 Å². The summed E-state index contributed by atoms with van der Waals surface area (Å²) >= 11 is 0. The molecule has 1 aromatic carbocycles. The molecule has 1 rings (SSSR count). The van der Waals surface area contributed by atoms with Crippen LogP contribution >= 0.6 is 0 Å². The Morgan fingerprint density at radius 2 is 1.80 bits per heavy atom. The number of hydrogen-bond donors (Lipinski definition) is 2. The van der Waals surface area contributed by atoms with Crippen LogP contribution in [0.5, 0.6) is 0 Å². The van der Waals surface area contributed by atoms with E-state index in [0.29, 0.717) is 5.56 Å². The summed E-state index contributed by atoms with van der Waals surface area (Å²) in [4.78, 5) is 12.0. The molecule has 0 saturated carbocycles. The van der Waals surface area contributed by atoms with Crippen molar-refractivity contribution in [3.05, 3.63) is 42.5 Å². The monoisotopic (exact) mass is 296 g/mol. The maximum absolute atomic E-state index is 11.9. The van der Waals surface area contributed by atoms with Gasteiger partial charge in [0.1, 0.15) is 0 Å². The van der Waals surface area contributed by atoms with Gasteiger partial charge in [0.2, 0.25) is 10.0 Å². The molecule has 1 aromatic rings. The van der Waals surface area contributed by atoms with Gasteiger partial charge in [0.15, 0.2) is 0 Å². The lowest BCUT2D eigenvalue weighted by molar-refractivity contribution is 0.0919. The highest BCUT2D eigenvalue weighted by Crippen LogP contribution is 2.11. The second-order valence-electron chi connectivity index (χ2n) is 5.37. The summed E-state index contributed by atoms with van der Waals surface area (Å²) in [6.45, 7) is 9.24. The molecule has 0 atom stereocenters. The van der Waals surface area contributed by atoms with Crippen molar-refractivity contribution < 1.29 is 13.2 Å². The molecule has 0 aliphatic rings. The minimum Gasteiger partial charge on any atom is -0.347 e. The topological polar surface area (TPSA) is 75.3 Å². The zero-order chi connectivity index (χ0) is 15.4. The number of nitrogens with one attached hydrogen (secondary N) is 2. The minimum absolute atomic E-state index is 0.117. The average molecular weight is 296 g/mol. The Kier molecular flexibility index (Phi) is 5.08. The van der Waals surface area contributed by atoms with Gasteiger partial charge in [-0.1, -0.05) is 6.08 Å². The van der Waals surface area contributed by atoms with Crippen LogP contribution < -0.4 is 10.0 Å². The molecule has 0 aromatic heterocycles. The lowest BCUT2D eigenvalue weighted by Gasteiger charge is -2.20. The maximum Gasteiger partial charge on any atom is 0.251 e. The van der Waals surface area contributed by atoms with Crippen LogP contribution in [0.25, 0.3) is 0 Å². The number of sulfonamides is 1. The highest BCUT2D eigenvalue weighted by molar-refractivity contribution is 7.89. The molecule has 0 heterocycles. The van der Waals surface area contributed by atoms with Crippen LogP contribution in [0.4, 0.5) is 0 Å². The third-order valence-corrected chi connectivity index (χ3v) is 3.77.